The van der Waals surface area contributed by atoms with Crippen LogP contribution in [0.25, 0.3) is 0 Å². The van der Waals surface area contributed by atoms with Crippen LogP contribution in [0.5, 0.6) is 0 Å². The molecule has 1 fully saturated rings. The number of aromatic nitrogens is 4. The highest BCUT2D eigenvalue weighted by Gasteiger charge is 2.25. The van der Waals surface area contributed by atoms with Crippen molar-refractivity contribution in [3.05, 3.63) is 36.1 Å². The average molecular weight is 329 g/mol. The van der Waals surface area contributed by atoms with Gasteiger partial charge >= 0.3 is 0 Å². The molecule has 24 heavy (non-hydrogen) atoms. The van der Waals surface area contributed by atoms with Crippen LogP contribution in [0.3, 0.4) is 0 Å². The van der Waals surface area contributed by atoms with Crippen molar-refractivity contribution in [2.75, 3.05) is 13.1 Å². The topological polar surface area (TPSA) is 85.0 Å². The van der Waals surface area contributed by atoms with Gasteiger partial charge < -0.3 is 9.32 Å². The largest absolute Gasteiger partial charge is 0.425 e. The number of hydrogen-bond acceptors (Lipinski definition) is 6. The van der Waals surface area contributed by atoms with E-state index in [1.165, 1.54) is 0 Å². The van der Waals surface area contributed by atoms with Crippen LogP contribution in [0.1, 0.15) is 62.4 Å². The molecule has 2 aromatic heterocycles. The average Bonchev–Trinajstić information content (AvgIpc) is 3.10. The lowest BCUT2D eigenvalue weighted by Gasteiger charge is -2.32. The minimum absolute atomic E-state index is 0.137. The highest BCUT2D eigenvalue weighted by molar-refractivity contribution is 5.76. The Morgan fingerprint density at radius 1 is 1.42 bits per heavy atom. The van der Waals surface area contributed by atoms with Gasteiger partial charge in [0.2, 0.25) is 17.7 Å². The molecule has 1 atom stereocenters. The maximum absolute atomic E-state index is 12.5. The first-order valence-electron chi connectivity index (χ1n) is 8.49. The molecule has 0 bridgehead atoms. The van der Waals surface area contributed by atoms with E-state index in [9.17, 15) is 4.79 Å². The number of likely N-dealkylation sites (tertiary alicyclic amines) is 1. The first-order valence-corrected chi connectivity index (χ1v) is 8.49. The van der Waals surface area contributed by atoms with Crippen LogP contribution in [-0.4, -0.2) is 44.1 Å². The quantitative estimate of drug-likeness (QED) is 0.837. The SMILES string of the molecule is CC(C)c1nnc(CCC(=O)N2CCCC(c3ccncn3)C2)o1. The van der Waals surface area contributed by atoms with Gasteiger partial charge in [-0.1, -0.05) is 13.8 Å². The predicted octanol–water partition coefficient (Wildman–Crippen LogP) is 2.32. The summed E-state index contributed by atoms with van der Waals surface area (Å²) < 4.78 is 5.56. The Balaban J connectivity index is 1.54. The van der Waals surface area contributed by atoms with Crippen molar-refractivity contribution < 1.29 is 9.21 Å². The molecule has 0 spiro atoms. The smallest absolute Gasteiger partial charge is 0.223 e. The number of amides is 1. The molecule has 3 rings (SSSR count). The van der Waals surface area contributed by atoms with Gasteiger partial charge in [-0.05, 0) is 18.9 Å². The molecule has 1 saturated heterocycles. The number of nitrogens with zero attached hydrogens (tertiary/aromatic N) is 5. The number of carbonyl (C=O) groups excluding carboxylic acids is 1. The summed E-state index contributed by atoms with van der Waals surface area (Å²) in [7, 11) is 0. The first kappa shape index (κ1) is 16.5. The highest BCUT2D eigenvalue weighted by atomic mass is 16.4. The third-order valence-electron chi connectivity index (χ3n) is 4.33. The Hall–Kier alpha value is -2.31. The summed E-state index contributed by atoms with van der Waals surface area (Å²) >= 11 is 0. The summed E-state index contributed by atoms with van der Waals surface area (Å²) in [5, 5.41) is 8.01. The molecule has 0 N–H and O–H groups in total. The summed E-state index contributed by atoms with van der Waals surface area (Å²) in [5.74, 6) is 1.80. The second-order valence-corrected chi connectivity index (χ2v) is 6.50. The van der Waals surface area contributed by atoms with Gasteiger partial charge in [0.25, 0.3) is 0 Å². The van der Waals surface area contributed by atoms with Gasteiger partial charge in [0, 0.05) is 49.7 Å². The number of aryl methyl sites for hydroxylation is 1. The van der Waals surface area contributed by atoms with Crippen LogP contribution in [0.4, 0.5) is 0 Å². The highest BCUT2D eigenvalue weighted by Crippen LogP contribution is 2.25. The Morgan fingerprint density at radius 2 is 2.29 bits per heavy atom. The van der Waals surface area contributed by atoms with E-state index in [0.29, 0.717) is 30.5 Å². The maximum Gasteiger partial charge on any atom is 0.223 e. The molecule has 2 aromatic rings. The predicted molar refractivity (Wildman–Crippen MR) is 87.3 cm³/mol. The molecule has 0 aromatic carbocycles. The van der Waals surface area contributed by atoms with Gasteiger partial charge in [-0.15, -0.1) is 10.2 Å². The lowest BCUT2D eigenvalue weighted by Crippen LogP contribution is -2.39. The zero-order valence-corrected chi connectivity index (χ0v) is 14.2. The van der Waals surface area contributed by atoms with Gasteiger partial charge in [-0.2, -0.15) is 0 Å². The summed E-state index contributed by atoms with van der Waals surface area (Å²) in [6.45, 7) is 5.53. The summed E-state index contributed by atoms with van der Waals surface area (Å²) in [5.41, 5.74) is 1.01. The van der Waals surface area contributed by atoms with Crippen LogP contribution < -0.4 is 0 Å². The van der Waals surface area contributed by atoms with Crippen molar-refractivity contribution >= 4 is 5.91 Å². The van der Waals surface area contributed by atoms with E-state index in [1.54, 1.807) is 12.5 Å². The molecule has 0 radical (unpaired) electrons. The number of carbonyl (C=O) groups is 1. The van der Waals surface area contributed by atoms with E-state index in [2.05, 4.69) is 20.2 Å². The van der Waals surface area contributed by atoms with Crippen molar-refractivity contribution in [1.82, 2.24) is 25.1 Å². The van der Waals surface area contributed by atoms with Gasteiger partial charge in [0.1, 0.15) is 6.33 Å². The third kappa shape index (κ3) is 3.96. The zero-order chi connectivity index (χ0) is 16.9. The van der Waals surface area contributed by atoms with E-state index in [1.807, 2.05) is 24.8 Å². The Labute approximate surface area is 141 Å². The molecule has 128 valence electrons. The standard InChI is InChI=1S/C17H23N5O2/c1-12(2)17-21-20-15(24-17)5-6-16(23)22-9-3-4-13(10-22)14-7-8-18-11-19-14/h7-8,11-13H,3-6,9-10H2,1-2H3. The number of rotatable bonds is 5. The monoisotopic (exact) mass is 329 g/mol. The molecule has 0 saturated carbocycles. The second-order valence-electron chi connectivity index (χ2n) is 6.50. The fourth-order valence-corrected chi connectivity index (χ4v) is 2.96. The van der Waals surface area contributed by atoms with Crippen LogP contribution >= 0.6 is 0 Å². The van der Waals surface area contributed by atoms with E-state index in [4.69, 9.17) is 4.42 Å². The van der Waals surface area contributed by atoms with Gasteiger partial charge in [-0.25, -0.2) is 9.97 Å². The summed E-state index contributed by atoms with van der Waals surface area (Å²) in [6.07, 6.45) is 6.27. The fourth-order valence-electron chi connectivity index (χ4n) is 2.96. The molecule has 1 unspecified atom stereocenters. The van der Waals surface area contributed by atoms with Gasteiger partial charge in [0.05, 0.1) is 0 Å². The molecule has 7 nitrogen and oxygen atoms in total. The third-order valence-corrected chi connectivity index (χ3v) is 4.33. The molecular formula is C17H23N5O2. The van der Waals surface area contributed by atoms with E-state index >= 15 is 0 Å². The summed E-state index contributed by atoms with van der Waals surface area (Å²) in [4.78, 5) is 22.7. The lowest BCUT2D eigenvalue weighted by atomic mass is 9.94. The Morgan fingerprint density at radius 3 is 3.00 bits per heavy atom. The zero-order valence-electron chi connectivity index (χ0n) is 14.2. The summed E-state index contributed by atoms with van der Waals surface area (Å²) in [6, 6.07) is 1.94. The van der Waals surface area contributed by atoms with Crippen LogP contribution in [0, 0.1) is 0 Å². The molecule has 1 aliphatic heterocycles. The van der Waals surface area contributed by atoms with E-state index in [-0.39, 0.29) is 11.8 Å². The number of hydrogen-bond donors (Lipinski definition) is 0. The van der Waals surface area contributed by atoms with Gasteiger partial charge in [0.15, 0.2) is 0 Å². The molecular weight excluding hydrogens is 306 g/mol. The van der Waals surface area contributed by atoms with Crippen molar-refractivity contribution in [3.63, 3.8) is 0 Å². The maximum atomic E-state index is 12.5. The van der Waals surface area contributed by atoms with Crippen molar-refractivity contribution in [2.24, 2.45) is 0 Å². The molecule has 1 aliphatic rings. The molecule has 7 heteroatoms. The minimum Gasteiger partial charge on any atom is -0.425 e. The van der Waals surface area contributed by atoms with Crippen LogP contribution in [0.15, 0.2) is 23.0 Å². The van der Waals surface area contributed by atoms with Crippen LogP contribution in [0.2, 0.25) is 0 Å². The first-order chi connectivity index (χ1) is 11.6. The minimum atomic E-state index is 0.137. The Kier molecular flexibility index (Phi) is 5.17. The van der Waals surface area contributed by atoms with Crippen molar-refractivity contribution in [1.29, 1.82) is 0 Å². The number of piperidine rings is 1. The van der Waals surface area contributed by atoms with Gasteiger partial charge in [-0.3, -0.25) is 4.79 Å². The normalized spacial score (nSPS) is 18.1. The van der Waals surface area contributed by atoms with Crippen molar-refractivity contribution in [3.8, 4) is 0 Å². The fraction of sp³-hybridized carbons (Fsp3) is 0.588. The second kappa shape index (κ2) is 7.51. The Bertz CT molecular complexity index is 671. The lowest BCUT2D eigenvalue weighted by molar-refractivity contribution is -0.132. The molecule has 3 heterocycles. The van der Waals surface area contributed by atoms with E-state index < -0.39 is 0 Å². The van der Waals surface area contributed by atoms with Crippen molar-refractivity contribution in [2.45, 2.75) is 51.4 Å². The van der Waals surface area contributed by atoms with Crippen LogP contribution in [-0.2, 0) is 11.2 Å². The molecule has 1 amide bonds. The molecule has 0 aliphatic carbocycles. The van der Waals surface area contributed by atoms with E-state index in [0.717, 1.165) is 31.6 Å².